The van der Waals surface area contributed by atoms with Crippen molar-refractivity contribution in [2.75, 3.05) is 23.3 Å². The van der Waals surface area contributed by atoms with Crippen molar-refractivity contribution in [1.82, 2.24) is 9.97 Å². The highest BCUT2D eigenvalue weighted by Gasteiger charge is 2.17. The molecule has 0 radical (unpaired) electrons. The Labute approximate surface area is 127 Å². The van der Waals surface area contributed by atoms with Gasteiger partial charge in [-0.2, -0.15) is 0 Å². The number of aromatic nitrogens is 2. The summed E-state index contributed by atoms with van der Waals surface area (Å²) >= 11 is 0. The van der Waals surface area contributed by atoms with Gasteiger partial charge >= 0.3 is 0 Å². The van der Waals surface area contributed by atoms with Crippen LogP contribution in [0.4, 0.5) is 11.6 Å². The molecule has 0 aromatic carbocycles. The molecular weight excluding hydrogens is 266 g/mol. The number of hydrogen-bond donors (Lipinski definition) is 2. The fourth-order valence-corrected chi connectivity index (χ4v) is 1.90. The van der Waals surface area contributed by atoms with Crippen molar-refractivity contribution in [1.29, 1.82) is 0 Å². The fraction of sp³-hybridized carbons (Fsp3) is 0.667. The maximum absolute atomic E-state index is 11.3. The summed E-state index contributed by atoms with van der Waals surface area (Å²) in [6, 6.07) is 2.01. The van der Waals surface area contributed by atoms with Crippen LogP contribution in [-0.2, 0) is 4.79 Å². The molecule has 0 aliphatic rings. The summed E-state index contributed by atoms with van der Waals surface area (Å²) in [5.74, 6) is 2.15. The number of hydrogen-bond acceptors (Lipinski definition) is 5. The number of nitrogens with one attached hydrogen (secondary N) is 1. The smallest absolute Gasteiger partial charge is 0.237 e. The van der Waals surface area contributed by atoms with Gasteiger partial charge in [0.15, 0.2) is 0 Å². The van der Waals surface area contributed by atoms with Crippen LogP contribution in [0, 0.1) is 0 Å². The quantitative estimate of drug-likeness (QED) is 0.767. The molecule has 0 spiro atoms. The molecule has 0 aliphatic heterocycles. The first-order valence-electron chi connectivity index (χ1n) is 7.52. The lowest BCUT2D eigenvalue weighted by Crippen LogP contribution is -2.39. The minimum atomic E-state index is -0.364. The van der Waals surface area contributed by atoms with Crippen molar-refractivity contribution in [2.45, 2.75) is 53.0 Å². The van der Waals surface area contributed by atoms with E-state index in [1.807, 2.05) is 24.8 Å². The molecular formula is C15H27N5O. The predicted molar refractivity (Wildman–Crippen MR) is 86.6 cm³/mol. The van der Waals surface area contributed by atoms with Crippen molar-refractivity contribution >= 4 is 17.5 Å². The van der Waals surface area contributed by atoms with Crippen LogP contribution in [-0.4, -0.2) is 35.0 Å². The normalized spacial score (nSPS) is 11.0. The zero-order chi connectivity index (χ0) is 16.0. The Morgan fingerprint density at radius 1 is 1.33 bits per heavy atom. The van der Waals surface area contributed by atoms with Crippen molar-refractivity contribution in [3.8, 4) is 0 Å². The van der Waals surface area contributed by atoms with E-state index in [2.05, 4.69) is 36.1 Å². The van der Waals surface area contributed by atoms with Crippen LogP contribution < -0.4 is 16.0 Å². The standard InChI is InChI=1S/C15H27N5O/c1-6-7-17-13-8-14(19-15(18-13)10(2)3)20(11(4)5)9-12(16)21/h8,10-11H,6-7,9H2,1-5H3,(H2,16,21)(H,17,18,19). The average Bonchev–Trinajstić information content (AvgIpc) is 2.41. The number of rotatable bonds is 8. The van der Waals surface area contributed by atoms with E-state index in [4.69, 9.17) is 5.73 Å². The molecule has 0 atom stereocenters. The van der Waals surface area contributed by atoms with Gasteiger partial charge in [-0.1, -0.05) is 20.8 Å². The Kier molecular flexibility index (Phi) is 6.39. The lowest BCUT2D eigenvalue weighted by atomic mass is 10.2. The maximum atomic E-state index is 11.3. The maximum Gasteiger partial charge on any atom is 0.237 e. The van der Waals surface area contributed by atoms with Gasteiger partial charge in [0, 0.05) is 24.6 Å². The molecule has 3 N–H and O–H groups in total. The van der Waals surface area contributed by atoms with E-state index >= 15 is 0 Å². The number of carbonyl (C=O) groups is 1. The van der Waals surface area contributed by atoms with Gasteiger partial charge in [0.1, 0.15) is 17.5 Å². The Balaban J connectivity index is 3.17. The summed E-state index contributed by atoms with van der Waals surface area (Å²) < 4.78 is 0. The number of primary amides is 1. The van der Waals surface area contributed by atoms with E-state index in [1.54, 1.807) is 0 Å². The third kappa shape index (κ3) is 5.21. The van der Waals surface area contributed by atoms with Crippen LogP contribution in [0.15, 0.2) is 6.07 Å². The SMILES string of the molecule is CCCNc1cc(N(CC(N)=O)C(C)C)nc(C(C)C)n1. The molecule has 0 fully saturated rings. The Bertz CT molecular complexity index is 473. The second-order valence-corrected chi connectivity index (χ2v) is 5.74. The fourth-order valence-electron chi connectivity index (χ4n) is 1.90. The topological polar surface area (TPSA) is 84.1 Å². The lowest BCUT2D eigenvalue weighted by molar-refractivity contribution is -0.116. The Morgan fingerprint density at radius 3 is 2.48 bits per heavy atom. The van der Waals surface area contributed by atoms with Crippen molar-refractivity contribution < 1.29 is 4.79 Å². The molecule has 1 aromatic heterocycles. The molecule has 0 saturated carbocycles. The van der Waals surface area contributed by atoms with Gasteiger partial charge in [-0.25, -0.2) is 9.97 Å². The zero-order valence-corrected chi connectivity index (χ0v) is 13.7. The number of amides is 1. The van der Waals surface area contributed by atoms with Crippen LogP contribution in [0.25, 0.3) is 0 Å². The molecule has 1 aromatic rings. The van der Waals surface area contributed by atoms with E-state index in [9.17, 15) is 4.79 Å². The van der Waals surface area contributed by atoms with Crippen LogP contribution in [0.1, 0.15) is 52.8 Å². The average molecular weight is 293 g/mol. The first kappa shape index (κ1) is 17.2. The van der Waals surface area contributed by atoms with Gasteiger partial charge in [0.05, 0.1) is 6.54 Å². The van der Waals surface area contributed by atoms with E-state index in [1.165, 1.54) is 0 Å². The lowest BCUT2D eigenvalue weighted by Gasteiger charge is -2.27. The highest BCUT2D eigenvalue weighted by molar-refractivity contribution is 5.79. The van der Waals surface area contributed by atoms with E-state index < -0.39 is 0 Å². The monoisotopic (exact) mass is 293 g/mol. The van der Waals surface area contributed by atoms with E-state index in [0.717, 1.165) is 30.4 Å². The summed E-state index contributed by atoms with van der Waals surface area (Å²) in [7, 11) is 0. The van der Waals surface area contributed by atoms with Crippen molar-refractivity contribution in [2.24, 2.45) is 5.73 Å². The summed E-state index contributed by atoms with van der Waals surface area (Å²) in [6.45, 7) is 11.2. The van der Waals surface area contributed by atoms with Crippen LogP contribution in [0.2, 0.25) is 0 Å². The van der Waals surface area contributed by atoms with Gasteiger partial charge in [0.2, 0.25) is 5.91 Å². The molecule has 0 unspecified atom stereocenters. The Hall–Kier alpha value is -1.85. The summed E-state index contributed by atoms with van der Waals surface area (Å²) in [5.41, 5.74) is 5.34. The number of nitrogens with two attached hydrogens (primary N) is 1. The molecule has 0 bridgehead atoms. The molecule has 1 amide bonds. The van der Waals surface area contributed by atoms with Crippen molar-refractivity contribution in [3.05, 3.63) is 11.9 Å². The molecule has 6 nitrogen and oxygen atoms in total. The third-order valence-electron chi connectivity index (χ3n) is 3.05. The largest absolute Gasteiger partial charge is 0.370 e. The van der Waals surface area contributed by atoms with E-state index in [0.29, 0.717) is 0 Å². The van der Waals surface area contributed by atoms with Gasteiger partial charge < -0.3 is 16.0 Å². The Morgan fingerprint density at radius 2 is 2.00 bits per heavy atom. The second kappa shape index (κ2) is 7.81. The van der Waals surface area contributed by atoms with Gasteiger partial charge in [-0.05, 0) is 20.3 Å². The molecule has 1 heterocycles. The summed E-state index contributed by atoms with van der Waals surface area (Å²) in [5, 5.41) is 3.28. The molecule has 118 valence electrons. The van der Waals surface area contributed by atoms with Crippen LogP contribution >= 0.6 is 0 Å². The van der Waals surface area contributed by atoms with E-state index in [-0.39, 0.29) is 24.4 Å². The molecule has 1 rings (SSSR count). The van der Waals surface area contributed by atoms with Crippen LogP contribution in [0.5, 0.6) is 0 Å². The molecule has 6 heteroatoms. The first-order valence-corrected chi connectivity index (χ1v) is 7.52. The number of anilines is 2. The van der Waals surface area contributed by atoms with Gasteiger partial charge in [0.25, 0.3) is 0 Å². The van der Waals surface area contributed by atoms with Gasteiger partial charge in [-0.15, -0.1) is 0 Å². The number of nitrogens with zero attached hydrogens (tertiary/aromatic N) is 3. The summed E-state index contributed by atoms with van der Waals surface area (Å²) in [6.07, 6.45) is 1.02. The van der Waals surface area contributed by atoms with Crippen LogP contribution in [0.3, 0.4) is 0 Å². The summed E-state index contributed by atoms with van der Waals surface area (Å²) in [4.78, 5) is 22.3. The highest BCUT2D eigenvalue weighted by atomic mass is 16.1. The number of carbonyl (C=O) groups excluding carboxylic acids is 1. The minimum absolute atomic E-state index is 0.131. The zero-order valence-electron chi connectivity index (χ0n) is 13.7. The minimum Gasteiger partial charge on any atom is -0.370 e. The molecule has 0 aliphatic carbocycles. The predicted octanol–water partition coefficient (Wildman–Crippen LogP) is 2.12. The molecule has 21 heavy (non-hydrogen) atoms. The first-order chi connectivity index (χ1) is 9.85. The second-order valence-electron chi connectivity index (χ2n) is 5.74. The highest BCUT2D eigenvalue weighted by Crippen LogP contribution is 2.21. The van der Waals surface area contributed by atoms with Gasteiger partial charge in [-0.3, -0.25) is 4.79 Å². The molecule has 0 saturated heterocycles. The third-order valence-corrected chi connectivity index (χ3v) is 3.05. The van der Waals surface area contributed by atoms with Crippen molar-refractivity contribution in [3.63, 3.8) is 0 Å².